The monoisotopic (exact) mass is 282 g/mol. The molecule has 0 aromatic rings. The van der Waals surface area contributed by atoms with Crippen LogP contribution in [0.5, 0.6) is 0 Å². The molecule has 1 heterocycles. The van der Waals surface area contributed by atoms with Crippen molar-refractivity contribution in [2.45, 2.75) is 51.6 Å². The summed E-state index contributed by atoms with van der Waals surface area (Å²) in [6.45, 7) is 8.86. The highest BCUT2D eigenvalue weighted by atomic mass is 16.7. The van der Waals surface area contributed by atoms with E-state index >= 15 is 0 Å². The van der Waals surface area contributed by atoms with Gasteiger partial charge >= 0.3 is 0 Å². The van der Waals surface area contributed by atoms with Crippen LogP contribution < -0.4 is 0 Å². The zero-order valence-corrected chi connectivity index (χ0v) is 12.6. The first-order valence-electron chi connectivity index (χ1n) is 7.57. The van der Waals surface area contributed by atoms with Gasteiger partial charge in [0.15, 0.2) is 6.29 Å². The largest absolute Gasteiger partial charge is 0.393 e. The molecule has 1 spiro atoms. The quantitative estimate of drug-likeness (QED) is 0.719. The average Bonchev–Trinajstić information content (AvgIpc) is 2.87. The molecule has 2 N–H and O–H groups in total. The van der Waals surface area contributed by atoms with Gasteiger partial charge in [-0.2, -0.15) is 0 Å². The van der Waals surface area contributed by atoms with Crippen molar-refractivity contribution in [3.8, 4) is 0 Å². The number of hydrogen-bond donors (Lipinski definition) is 2. The van der Waals surface area contributed by atoms with Crippen molar-refractivity contribution in [2.24, 2.45) is 22.7 Å². The van der Waals surface area contributed by atoms with Crippen LogP contribution in [-0.2, 0) is 9.47 Å². The summed E-state index contributed by atoms with van der Waals surface area (Å²) in [6.07, 6.45) is 1.09. The first-order valence-corrected chi connectivity index (χ1v) is 7.57. The molecule has 7 unspecified atom stereocenters. The number of hydrogen-bond acceptors (Lipinski definition) is 4. The summed E-state index contributed by atoms with van der Waals surface area (Å²) in [5.74, 6) is 0.452. The Kier molecular flexibility index (Phi) is 3.29. The van der Waals surface area contributed by atoms with Gasteiger partial charge in [-0.3, -0.25) is 0 Å². The Labute approximate surface area is 120 Å². The van der Waals surface area contributed by atoms with Crippen molar-refractivity contribution in [3.63, 3.8) is 0 Å². The molecule has 0 amide bonds. The van der Waals surface area contributed by atoms with E-state index in [1.54, 1.807) is 7.11 Å². The van der Waals surface area contributed by atoms with Gasteiger partial charge in [-0.15, -0.1) is 0 Å². The molecule has 114 valence electrons. The third kappa shape index (κ3) is 1.51. The molecule has 0 aromatic heterocycles. The SMILES string of the molecule is C=C1COC(OC)C12CC1C(O)CCC(C)C1(C)C2O. The molecule has 7 atom stereocenters. The zero-order valence-electron chi connectivity index (χ0n) is 12.6. The zero-order chi connectivity index (χ0) is 14.7. The maximum Gasteiger partial charge on any atom is 0.169 e. The summed E-state index contributed by atoms with van der Waals surface area (Å²) in [5.41, 5.74) is 0.0469. The number of fused-ring (bicyclic) bond motifs is 1. The van der Waals surface area contributed by atoms with E-state index < -0.39 is 17.8 Å². The van der Waals surface area contributed by atoms with Crippen LogP contribution in [0.2, 0.25) is 0 Å². The minimum atomic E-state index is -0.579. The third-order valence-corrected chi connectivity index (χ3v) is 6.56. The number of ether oxygens (including phenoxy) is 2. The lowest BCUT2D eigenvalue weighted by Gasteiger charge is -2.47. The molecule has 1 aliphatic heterocycles. The van der Waals surface area contributed by atoms with Crippen molar-refractivity contribution in [1.82, 2.24) is 0 Å². The van der Waals surface area contributed by atoms with E-state index in [0.29, 0.717) is 18.9 Å². The van der Waals surface area contributed by atoms with Gasteiger partial charge in [-0.05, 0) is 36.7 Å². The van der Waals surface area contributed by atoms with E-state index in [2.05, 4.69) is 20.4 Å². The maximum absolute atomic E-state index is 11.2. The topological polar surface area (TPSA) is 58.9 Å². The number of methoxy groups -OCH3 is 1. The van der Waals surface area contributed by atoms with Crippen LogP contribution in [0.1, 0.15) is 33.1 Å². The van der Waals surface area contributed by atoms with Crippen LogP contribution in [0.25, 0.3) is 0 Å². The Balaban J connectivity index is 2.06. The lowest BCUT2D eigenvalue weighted by Crippen LogP contribution is -2.51. The molecular weight excluding hydrogens is 256 g/mol. The summed E-state index contributed by atoms with van der Waals surface area (Å²) in [5, 5.41) is 21.6. The van der Waals surface area contributed by atoms with E-state index in [1.165, 1.54) is 0 Å². The summed E-state index contributed by atoms with van der Waals surface area (Å²) in [4.78, 5) is 0. The second kappa shape index (κ2) is 4.54. The Morgan fingerprint density at radius 1 is 1.35 bits per heavy atom. The van der Waals surface area contributed by atoms with Gasteiger partial charge in [0.1, 0.15) is 0 Å². The molecule has 4 nitrogen and oxygen atoms in total. The first-order chi connectivity index (χ1) is 9.38. The molecule has 20 heavy (non-hydrogen) atoms. The van der Waals surface area contributed by atoms with Gasteiger partial charge in [-0.25, -0.2) is 0 Å². The standard InChI is InChI=1S/C16H26O4/c1-9-5-6-12(17)11-7-16(13(18)15(9,11)3)10(2)8-20-14(16)19-4/h9,11-14,17-18H,2,5-8H2,1,3-4H3. The highest BCUT2D eigenvalue weighted by Gasteiger charge is 2.69. The van der Waals surface area contributed by atoms with Crippen molar-refractivity contribution >= 4 is 0 Å². The second-order valence-corrected chi connectivity index (χ2v) is 7.15. The van der Waals surface area contributed by atoms with Gasteiger partial charge in [0.25, 0.3) is 0 Å². The molecular formula is C16H26O4. The Morgan fingerprint density at radius 3 is 2.65 bits per heavy atom. The number of aliphatic hydroxyl groups is 2. The van der Waals surface area contributed by atoms with Gasteiger partial charge in [-0.1, -0.05) is 20.4 Å². The van der Waals surface area contributed by atoms with E-state index in [4.69, 9.17) is 9.47 Å². The minimum absolute atomic E-state index is 0.0809. The lowest BCUT2D eigenvalue weighted by atomic mass is 9.60. The molecule has 3 rings (SSSR count). The number of aliphatic hydroxyl groups excluding tert-OH is 2. The van der Waals surface area contributed by atoms with E-state index in [1.807, 2.05) is 0 Å². The van der Waals surface area contributed by atoms with Crippen LogP contribution in [0, 0.1) is 22.7 Å². The Bertz CT molecular complexity index is 423. The molecule has 0 aromatic carbocycles. The van der Waals surface area contributed by atoms with E-state index in [9.17, 15) is 10.2 Å². The summed E-state index contributed by atoms with van der Waals surface area (Å²) >= 11 is 0. The third-order valence-electron chi connectivity index (χ3n) is 6.56. The highest BCUT2D eigenvalue weighted by molar-refractivity contribution is 5.28. The lowest BCUT2D eigenvalue weighted by molar-refractivity contribution is -0.175. The van der Waals surface area contributed by atoms with Crippen LogP contribution >= 0.6 is 0 Å². The van der Waals surface area contributed by atoms with Crippen molar-refractivity contribution in [3.05, 3.63) is 12.2 Å². The molecule has 2 aliphatic carbocycles. The minimum Gasteiger partial charge on any atom is -0.393 e. The van der Waals surface area contributed by atoms with Crippen LogP contribution in [-0.4, -0.2) is 42.4 Å². The Morgan fingerprint density at radius 2 is 2.05 bits per heavy atom. The van der Waals surface area contributed by atoms with Crippen LogP contribution in [0.3, 0.4) is 0 Å². The van der Waals surface area contributed by atoms with Gasteiger partial charge in [0, 0.05) is 12.5 Å². The Hall–Kier alpha value is -0.420. The number of rotatable bonds is 1. The van der Waals surface area contributed by atoms with Crippen LogP contribution in [0.15, 0.2) is 12.2 Å². The molecule has 0 bridgehead atoms. The van der Waals surface area contributed by atoms with Crippen molar-refractivity contribution in [1.29, 1.82) is 0 Å². The molecule has 3 aliphatic rings. The second-order valence-electron chi connectivity index (χ2n) is 7.15. The molecule has 1 saturated heterocycles. The maximum atomic E-state index is 11.2. The van der Waals surface area contributed by atoms with Gasteiger partial charge in [0.05, 0.1) is 24.2 Å². The highest BCUT2D eigenvalue weighted by Crippen LogP contribution is 2.66. The summed E-state index contributed by atoms with van der Waals surface area (Å²) in [6, 6.07) is 0. The first kappa shape index (κ1) is 14.5. The molecule has 4 heteroatoms. The van der Waals surface area contributed by atoms with E-state index in [0.717, 1.165) is 18.4 Å². The van der Waals surface area contributed by atoms with Crippen molar-refractivity contribution in [2.75, 3.05) is 13.7 Å². The van der Waals surface area contributed by atoms with Gasteiger partial charge < -0.3 is 19.7 Å². The fourth-order valence-electron chi connectivity index (χ4n) is 5.04. The van der Waals surface area contributed by atoms with Gasteiger partial charge in [0.2, 0.25) is 0 Å². The van der Waals surface area contributed by atoms with Crippen LogP contribution in [0.4, 0.5) is 0 Å². The predicted octanol–water partition coefficient (Wildman–Crippen LogP) is 1.71. The smallest absolute Gasteiger partial charge is 0.169 e. The molecule has 3 fully saturated rings. The predicted molar refractivity (Wildman–Crippen MR) is 74.9 cm³/mol. The fraction of sp³-hybridized carbons (Fsp3) is 0.875. The average molecular weight is 282 g/mol. The molecule has 0 radical (unpaired) electrons. The summed E-state index contributed by atoms with van der Waals surface area (Å²) in [7, 11) is 1.61. The summed E-state index contributed by atoms with van der Waals surface area (Å²) < 4.78 is 11.2. The molecule has 2 saturated carbocycles. The van der Waals surface area contributed by atoms with Crippen molar-refractivity contribution < 1.29 is 19.7 Å². The van der Waals surface area contributed by atoms with E-state index in [-0.39, 0.29) is 17.4 Å². The fourth-order valence-corrected chi connectivity index (χ4v) is 5.04. The normalized spacial score (nSPS) is 55.5.